The van der Waals surface area contributed by atoms with E-state index in [9.17, 15) is 14.9 Å². The van der Waals surface area contributed by atoms with Crippen LogP contribution in [0.25, 0.3) is 0 Å². The predicted octanol–water partition coefficient (Wildman–Crippen LogP) is 3.22. The molecule has 2 aromatic rings. The fourth-order valence-corrected chi connectivity index (χ4v) is 1.66. The molecule has 0 unspecified atom stereocenters. The number of pyridine rings is 1. The van der Waals surface area contributed by atoms with Crippen molar-refractivity contribution in [3.05, 3.63) is 64.9 Å². The number of nitrogens with one attached hydrogen (secondary N) is 1. The highest BCUT2D eigenvalue weighted by Gasteiger charge is 2.17. The predicted molar refractivity (Wildman–Crippen MR) is 81.0 cm³/mol. The van der Waals surface area contributed by atoms with Gasteiger partial charge in [-0.1, -0.05) is 6.58 Å². The van der Waals surface area contributed by atoms with Gasteiger partial charge in [-0.25, -0.2) is 4.98 Å². The fourth-order valence-electron chi connectivity index (χ4n) is 1.66. The second kappa shape index (κ2) is 6.49. The van der Waals surface area contributed by atoms with Crippen molar-refractivity contribution in [1.82, 2.24) is 4.98 Å². The maximum Gasteiger partial charge on any atom is 0.331 e. The van der Waals surface area contributed by atoms with Gasteiger partial charge in [-0.05, 0) is 42.8 Å². The van der Waals surface area contributed by atoms with E-state index in [2.05, 4.69) is 16.9 Å². The molecule has 0 fully saturated rings. The lowest BCUT2D eigenvalue weighted by atomic mass is 10.3. The molecule has 1 aromatic heterocycles. The van der Waals surface area contributed by atoms with Crippen LogP contribution in [0.3, 0.4) is 0 Å². The standard InChI is InChI=1S/C15H13N3O4/c1-3-14(19)17-11-4-6-12(7-5-11)22-15-13(18(20)21)8-10(2)9-16-15/h3-9H,1H2,2H3,(H,17,19). The van der Waals surface area contributed by atoms with Crippen molar-refractivity contribution in [3.8, 4) is 11.6 Å². The number of amides is 1. The lowest BCUT2D eigenvalue weighted by molar-refractivity contribution is -0.386. The molecule has 2 rings (SSSR count). The number of aryl methyl sites for hydroxylation is 1. The normalized spacial score (nSPS) is 9.86. The molecule has 1 amide bonds. The number of carbonyl (C=O) groups is 1. The molecule has 1 aromatic carbocycles. The third-order valence-electron chi connectivity index (χ3n) is 2.69. The first-order chi connectivity index (χ1) is 10.5. The maximum atomic E-state index is 11.2. The van der Waals surface area contributed by atoms with Crippen LogP contribution in [0.1, 0.15) is 5.56 Å². The van der Waals surface area contributed by atoms with E-state index in [0.717, 1.165) is 6.08 Å². The SMILES string of the molecule is C=CC(=O)Nc1ccc(Oc2ncc(C)cc2[N+](=O)[O-])cc1. The number of nitrogens with zero attached hydrogens (tertiary/aromatic N) is 2. The van der Waals surface area contributed by atoms with Gasteiger partial charge in [0.2, 0.25) is 5.91 Å². The van der Waals surface area contributed by atoms with E-state index in [4.69, 9.17) is 4.74 Å². The Hall–Kier alpha value is -3.22. The minimum Gasteiger partial charge on any atom is -0.434 e. The molecule has 1 N–H and O–H groups in total. The highest BCUT2D eigenvalue weighted by molar-refractivity contribution is 5.98. The smallest absolute Gasteiger partial charge is 0.331 e. The summed E-state index contributed by atoms with van der Waals surface area (Å²) in [6.07, 6.45) is 2.64. The third-order valence-corrected chi connectivity index (χ3v) is 2.69. The van der Waals surface area contributed by atoms with Gasteiger partial charge in [-0.15, -0.1) is 0 Å². The molecule has 0 saturated carbocycles. The molecule has 0 aliphatic heterocycles. The second-order valence-corrected chi connectivity index (χ2v) is 4.41. The van der Waals surface area contributed by atoms with Gasteiger partial charge in [0.1, 0.15) is 5.75 Å². The minimum atomic E-state index is -0.548. The average Bonchev–Trinajstić information content (AvgIpc) is 2.50. The van der Waals surface area contributed by atoms with E-state index in [1.165, 1.54) is 12.3 Å². The molecule has 0 aliphatic carbocycles. The van der Waals surface area contributed by atoms with E-state index < -0.39 is 4.92 Å². The molecular weight excluding hydrogens is 286 g/mol. The molecule has 0 atom stereocenters. The lowest BCUT2D eigenvalue weighted by Crippen LogP contribution is -2.06. The van der Waals surface area contributed by atoms with Crippen molar-refractivity contribution >= 4 is 17.3 Å². The van der Waals surface area contributed by atoms with Gasteiger partial charge >= 0.3 is 5.69 Å². The van der Waals surface area contributed by atoms with Gasteiger partial charge in [0.05, 0.1) is 4.92 Å². The number of benzene rings is 1. The molecular formula is C15H13N3O4. The summed E-state index contributed by atoms with van der Waals surface area (Å²) < 4.78 is 5.43. The molecule has 0 bridgehead atoms. The molecule has 112 valence electrons. The first-order valence-corrected chi connectivity index (χ1v) is 6.32. The average molecular weight is 299 g/mol. The number of anilines is 1. The Balaban J connectivity index is 2.19. The first-order valence-electron chi connectivity index (χ1n) is 6.32. The highest BCUT2D eigenvalue weighted by atomic mass is 16.6. The topological polar surface area (TPSA) is 94.4 Å². The van der Waals surface area contributed by atoms with Crippen LogP contribution < -0.4 is 10.1 Å². The number of rotatable bonds is 5. The molecule has 1 heterocycles. The number of hydrogen-bond donors (Lipinski definition) is 1. The Bertz CT molecular complexity index is 726. The van der Waals surface area contributed by atoms with Crippen LogP contribution in [0.2, 0.25) is 0 Å². The molecule has 22 heavy (non-hydrogen) atoms. The summed E-state index contributed by atoms with van der Waals surface area (Å²) >= 11 is 0. The van der Waals surface area contributed by atoms with E-state index in [0.29, 0.717) is 17.0 Å². The largest absolute Gasteiger partial charge is 0.434 e. The Morgan fingerprint density at radius 2 is 2.09 bits per heavy atom. The van der Waals surface area contributed by atoms with E-state index in [1.807, 2.05) is 0 Å². The number of ether oxygens (including phenoxy) is 1. The second-order valence-electron chi connectivity index (χ2n) is 4.41. The summed E-state index contributed by atoms with van der Waals surface area (Å²) in [6.45, 7) is 5.06. The van der Waals surface area contributed by atoms with Crippen molar-refractivity contribution in [3.63, 3.8) is 0 Å². The van der Waals surface area contributed by atoms with Gasteiger partial charge in [0.15, 0.2) is 0 Å². The van der Waals surface area contributed by atoms with Crippen molar-refractivity contribution in [2.24, 2.45) is 0 Å². The van der Waals surface area contributed by atoms with Crippen LogP contribution in [-0.4, -0.2) is 15.8 Å². The third kappa shape index (κ3) is 3.66. The van der Waals surface area contributed by atoms with Crippen LogP contribution >= 0.6 is 0 Å². The summed E-state index contributed by atoms with van der Waals surface area (Å²) in [5.74, 6) is -0.0426. The molecule has 7 nitrogen and oxygen atoms in total. The Labute approximate surface area is 126 Å². The first kappa shape index (κ1) is 15.2. The highest BCUT2D eigenvalue weighted by Crippen LogP contribution is 2.30. The molecule has 0 radical (unpaired) electrons. The van der Waals surface area contributed by atoms with Crippen LogP contribution in [0, 0.1) is 17.0 Å². The fraction of sp³-hybridized carbons (Fsp3) is 0.0667. The Kier molecular flexibility index (Phi) is 4.47. The maximum absolute atomic E-state index is 11.2. The number of hydrogen-bond acceptors (Lipinski definition) is 5. The zero-order valence-electron chi connectivity index (χ0n) is 11.8. The summed E-state index contributed by atoms with van der Waals surface area (Å²) in [5, 5.41) is 13.6. The molecule has 0 aliphatic rings. The van der Waals surface area contributed by atoms with E-state index >= 15 is 0 Å². The summed E-state index contributed by atoms with van der Waals surface area (Å²) in [6, 6.07) is 7.75. The quantitative estimate of drug-likeness (QED) is 0.519. The van der Waals surface area contributed by atoms with Crippen LogP contribution in [0.15, 0.2) is 49.2 Å². The molecule has 7 heteroatoms. The molecule has 0 spiro atoms. The van der Waals surface area contributed by atoms with Gasteiger partial charge in [-0.3, -0.25) is 14.9 Å². The van der Waals surface area contributed by atoms with E-state index in [-0.39, 0.29) is 17.5 Å². The Morgan fingerprint density at radius 1 is 1.41 bits per heavy atom. The van der Waals surface area contributed by atoms with Crippen molar-refractivity contribution in [1.29, 1.82) is 0 Å². The zero-order chi connectivity index (χ0) is 16.1. The minimum absolute atomic E-state index is 0.0847. The zero-order valence-corrected chi connectivity index (χ0v) is 11.8. The van der Waals surface area contributed by atoms with E-state index in [1.54, 1.807) is 31.2 Å². The summed E-state index contributed by atoms with van der Waals surface area (Å²) in [4.78, 5) is 25.5. The molecule has 0 saturated heterocycles. The summed E-state index contributed by atoms with van der Waals surface area (Å²) in [5.41, 5.74) is 1.02. The van der Waals surface area contributed by atoms with Crippen LogP contribution in [0.4, 0.5) is 11.4 Å². The number of aromatic nitrogens is 1. The summed E-state index contributed by atoms with van der Waals surface area (Å²) in [7, 11) is 0. The monoisotopic (exact) mass is 299 g/mol. The van der Waals surface area contributed by atoms with Crippen LogP contribution in [-0.2, 0) is 4.79 Å². The lowest BCUT2D eigenvalue weighted by Gasteiger charge is -2.07. The number of carbonyl (C=O) groups excluding carboxylic acids is 1. The van der Waals surface area contributed by atoms with Gasteiger partial charge in [0.25, 0.3) is 5.88 Å². The Morgan fingerprint density at radius 3 is 2.68 bits per heavy atom. The van der Waals surface area contributed by atoms with Crippen molar-refractivity contribution in [2.75, 3.05) is 5.32 Å². The van der Waals surface area contributed by atoms with Crippen molar-refractivity contribution < 1.29 is 14.5 Å². The van der Waals surface area contributed by atoms with Gasteiger partial charge < -0.3 is 10.1 Å². The van der Waals surface area contributed by atoms with Gasteiger partial charge in [-0.2, -0.15) is 0 Å². The van der Waals surface area contributed by atoms with Crippen molar-refractivity contribution in [2.45, 2.75) is 6.92 Å². The van der Waals surface area contributed by atoms with Crippen LogP contribution in [0.5, 0.6) is 11.6 Å². The number of nitro groups is 1. The van der Waals surface area contributed by atoms with Gasteiger partial charge in [0, 0.05) is 18.0 Å².